The van der Waals surface area contributed by atoms with E-state index in [4.69, 9.17) is 17.0 Å². The number of hydrogen-bond acceptors (Lipinski definition) is 3. The Morgan fingerprint density at radius 1 is 1.67 bits per heavy atom. The predicted octanol–water partition coefficient (Wildman–Crippen LogP) is 2.07. The van der Waals surface area contributed by atoms with E-state index >= 15 is 0 Å². The van der Waals surface area contributed by atoms with Crippen molar-refractivity contribution in [2.75, 3.05) is 6.61 Å². The molecule has 0 amide bonds. The van der Waals surface area contributed by atoms with E-state index in [0.717, 1.165) is 36.6 Å². The quantitative estimate of drug-likeness (QED) is 0.801. The number of nitrogens with one attached hydrogen (secondary N) is 1. The molecule has 0 bridgehead atoms. The zero-order valence-corrected chi connectivity index (χ0v) is 9.85. The van der Waals surface area contributed by atoms with Gasteiger partial charge < -0.3 is 9.30 Å². The molecule has 84 valence electrons. The Morgan fingerprint density at radius 3 is 3.20 bits per heavy atom. The first kappa shape index (κ1) is 10.8. The lowest BCUT2D eigenvalue weighted by atomic mass is 10.2. The van der Waals surface area contributed by atoms with Crippen LogP contribution in [0.5, 0.6) is 0 Å². The molecule has 1 fully saturated rings. The Bertz CT molecular complexity index is 365. The molecule has 1 aliphatic rings. The fourth-order valence-corrected chi connectivity index (χ4v) is 2.24. The van der Waals surface area contributed by atoms with Crippen molar-refractivity contribution in [3.8, 4) is 0 Å². The second-order valence-corrected chi connectivity index (χ2v) is 4.26. The summed E-state index contributed by atoms with van der Waals surface area (Å²) >= 11 is 5.18. The van der Waals surface area contributed by atoms with Crippen molar-refractivity contribution in [2.24, 2.45) is 0 Å². The van der Waals surface area contributed by atoms with Crippen LogP contribution in [0.15, 0.2) is 0 Å². The molecule has 0 saturated carbocycles. The van der Waals surface area contributed by atoms with E-state index in [2.05, 4.69) is 21.7 Å². The van der Waals surface area contributed by atoms with Gasteiger partial charge in [-0.1, -0.05) is 6.92 Å². The lowest BCUT2D eigenvalue weighted by Gasteiger charge is -2.10. The average molecular weight is 227 g/mol. The summed E-state index contributed by atoms with van der Waals surface area (Å²) in [6.45, 7) is 3.93. The Morgan fingerprint density at radius 2 is 2.53 bits per heavy atom. The minimum absolute atomic E-state index is 0.423. The van der Waals surface area contributed by atoms with E-state index < -0.39 is 0 Å². The van der Waals surface area contributed by atoms with Crippen LogP contribution in [0.2, 0.25) is 0 Å². The lowest BCUT2D eigenvalue weighted by Crippen LogP contribution is -2.11. The molecule has 0 aromatic carbocycles. The number of nitrogens with zero attached hydrogens (tertiary/aromatic N) is 2. The van der Waals surface area contributed by atoms with Gasteiger partial charge in [0, 0.05) is 19.6 Å². The van der Waals surface area contributed by atoms with Crippen LogP contribution >= 0.6 is 12.2 Å². The van der Waals surface area contributed by atoms with Gasteiger partial charge in [-0.3, -0.25) is 5.10 Å². The topological polar surface area (TPSA) is 42.8 Å². The fourth-order valence-electron chi connectivity index (χ4n) is 2.00. The van der Waals surface area contributed by atoms with Gasteiger partial charge in [0.05, 0.1) is 6.10 Å². The lowest BCUT2D eigenvalue weighted by molar-refractivity contribution is 0.100. The molecule has 0 aliphatic carbocycles. The number of rotatable bonds is 4. The highest BCUT2D eigenvalue weighted by molar-refractivity contribution is 7.71. The first-order chi connectivity index (χ1) is 7.31. The second kappa shape index (κ2) is 4.90. The predicted molar refractivity (Wildman–Crippen MR) is 60.4 cm³/mol. The summed E-state index contributed by atoms with van der Waals surface area (Å²) < 4.78 is 8.39. The molecule has 1 N–H and O–H groups in total. The molecule has 4 nitrogen and oxygen atoms in total. The summed E-state index contributed by atoms with van der Waals surface area (Å²) in [5.74, 6) is 1.04. The standard InChI is InChI=1S/C10H17N3OS/c1-2-9-11-12-10(15)13(9)6-5-8-4-3-7-14-8/h8H,2-7H2,1H3,(H,12,15). The van der Waals surface area contributed by atoms with Crippen LogP contribution in [0.4, 0.5) is 0 Å². The normalized spacial score (nSPS) is 21.0. The van der Waals surface area contributed by atoms with Gasteiger partial charge in [0.1, 0.15) is 5.82 Å². The molecule has 1 unspecified atom stereocenters. The summed E-state index contributed by atoms with van der Waals surface area (Å²) in [5, 5.41) is 7.02. The number of ether oxygens (including phenoxy) is 1. The maximum absolute atomic E-state index is 5.59. The molecule has 15 heavy (non-hydrogen) atoms. The van der Waals surface area contributed by atoms with Crippen LogP contribution < -0.4 is 0 Å². The second-order valence-electron chi connectivity index (χ2n) is 3.87. The van der Waals surface area contributed by atoms with Gasteiger partial charge in [-0.15, -0.1) is 0 Å². The minimum Gasteiger partial charge on any atom is -0.378 e. The van der Waals surface area contributed by atoms with Crippen LogP contribution in [-0.4, -0.2) is 27.5 Å². The van der Waals surface area contributed by atoms with E-state index in [1.165, 1.54) is 12.8 Å². The van der Waals surface area contributed by atoms with Gasteiger partial charge >= 0.3 is 0 Å². The van der Waals surface area contributed by atoms with Gasteiger partial charge in [-0.2, -0.15) is 5.10 Å². The van der Waals surface area contributed by atoms with Crippen molar-refractivity contribution < 1.29 is 4.74 Å². The molecule has 2 rings (SSSR count). The summed E-state index contributed by atoms with van der Waals surface area (Å²) in [6.07, 6.45) is 4.76. The van der Waals surface area contributed by atoms with Crippen LogP contribution in [-0.2, 0) is 17.7 Å². The highest BCUT2D eigenvalue weighted by Crippen LogP contribution is 2.16. The van der Waals surface area contributed by atoms with Crippen molar-refractivity contribution in [1.29, 1.82) is 0 Å². The number of aromatic amines is 1. The summed E-state index contributed by atoms with van der Waals surface area (Å²) in [5.41, 5.74) is 0. The monoisotopic (exact) mass is 227 g/mol. The van der Waals surface area contributed by atoms with Gasteiger partial charge in [0.15, 0.2) is 4.77 Å². The van der Waals surface area contributed by atoms with Crippen LogP contribution in [0.3, 0.4) is 0 Å². The van der Waals surface area contributed by atoms with E-state index in [1.54, 1.807) is 0 Å². The molecule has 2 heterocycles. The van der Waals surface area contributed by atoms with Crippen LogP contribution in [0.1, 0.15) is 32.0 Å². The molecule has 1 saturated heterocycles. The number of aromatic nitrogens is 3. The third-order valence-corrected chi connectivity index (χ3v) is 3.16. The third kappa shape index (κ3) is 2.46. The van der Waals surface area contributed by atoms with E-state index in [0.29, 0.717) is 6.10 Å². The Hall–Kier alpha value is -0.680. The smallest absolute Gasteiger partial charge is 0.195 e. The zero-order chi connectivity index (χ0) is 10.7. The highest BCUT2D eigenvalue weighted by atomic mass is 32.1. The Labute approximate surface area is 94.6 Å². The molecule has 1 aliphatic heterocycles. The van der Waals surface area contributed by atoms with Crippen molar-refractivity contribution in [1.82, 2.24) is 14.8 Å². The molecule has 5 heteroatoms. The summed E-state index contributed by atoms with van der Waals surface area (Å²) in [6, 6.07) is 0. The number of hydrogen-bond donors (Lipinski definition) is 1. The third-order valence-electron chi connectivity index (χ3n) is 2.85. The SMILES string of the molecule is CCc1n[nH]c(=S)n1CCC1CCCO1. The Balaban J connectivity index is 1.97. The minimum atomic E-state index is 0.423. The van der Waals surface area contributed by atoms with Crippen molar-refractivity contribution in [3.05, 3.63) is 10.6 Å². The van der Waals surface area contributed by atoms with Gasteiger partial charge in [-0.05, 0) is 31.5 Å². The molecule has 1 aromatic rings. The summed E-state index contributed by atoms with van der Waals surface area (Å²) in [7, 11) is 0. The highest BCUT2D eigenvalue weighted by Gasteiger charge is 2.16. The fraction of sp³-hybridized carbons (Fsp3) is 0.800. The average Bonchev–Trinajstić information content (AvgIpc) is 2.84. The van der Waals surface area contributed by atoms with Crippen molar-refractivity contribution >= 4 is 12.2 Å². The number of H-pyrrole nitrogens is 1. The van der Waals surface area contributed by atoms with E-state index in [-0.39, 0.29) is 0 Å². The Kier molecular flexibility index (Phi) is 3.53. The van der Waals surface area contributed by atoms with Gasteiger partial charge in [-0.25, -0.2) is 0 Å². The van der Waals surface area contributed by atoms with E-state index in [9.17, 15) is 0 Å². The first-order valence-corrected chi connectivity index (χ1v) is 5.97. The van der Waals surface area contributed by atoms with Gasteiger partial charge in [0.2, 0.25) is 0 Å². The first-order valence-electron chi connectivity index (χ1n) is 5.57. The molecular formula is C10H17N3OS. The van der Waals surface area contributed by atoms with E-state index in [1.807, 2.05) is 0 Å². The molecule has 0 spiro atoms. The zero-order valence-electron chi connectivity index (χ0n) is 9.03. The molecular weight excluding hydrogens is 210 g/mol. The van der Waals surface area contributed by atoms with Gasteiger partial charge in [0.25, 0.3) is 0 Å². The number of aryl methyl sites for hydroxylation is 1. The molecule has 1 aromatic heterocycles. The largest absolute Gasteiger partial charge is 0.378 e. The maximum Gasteiger partial charge on any atom is 0.195 e. The van der Waals surface area contributed by atoms with Crippen molar-refractivity contribution in [2.45, 2.75) is 45.3 Å². The van der Waals surface area contributed by atoms with Crippen LogP contribution in [0, 0.1) is 4.77 Å². The van der Waals surface area contributed by atoms with Crippen LogP contribution in [0.25, 0.3) is 0 Å². The summed E-state index contributed by atoms with van der Waals surface area (Å²) in [4.78, 5) is 0. The van der Waals surface area contributed by atoms with Crippen molar-refractivity contribution in [3.63, 3.8) is 0 Å². The molecule has 0 radical (unpaired) electrons. The maximum atomic E-state index is 5.59. The molecule has 1 atom stereocenters.